The van der Waals surface area contributed by atoms with Gasteiger partial charge in [0.15, 0.2) is 0 Å². The van der Waals surface area contributed by atoms with Crippen molar-refractivity contribution in [3.63, 3.8) is 0 Å². The summed E-state index contributed by atoms with van der Waals surface area (Å²) in [6, 6.07) is 0. The number of likely N-dealkylation sites (tertiary alicyclic amines) is 1. The molecule has 1 aliphatic heterocycles. The highest BCUT2D eigenvalue weighted by Crippen LogP contribution is 2.37. The van der Waals surface area contributed by atoms with E-state index in [1.165, 1.54) is 11.4 Å². The monoisotopic (exact) mass is 286 g/mol. The number of thiazole rings is 1. The average molecular weight is 287 g/mol. The van der Waals surface area contributed by atoms with Gasteiger partial charge < -0.3 is 10.0 Å². The molecule has 2 aliphatic rings. The van der Waals surface area contributed by atoms with Crippen molar-refractivity contribution in [1.82, 2.24) is 9.88 Å². The summed E-state index contributed by atoms with van der Waals surface area (Å²) in [5, 5.41) is 13.1. The fraction of sp³-hybridized carbons (Fsp3) is 0.769. The number of aliphatic hydroxyl groups is 1. The van der Waals surface area contributed by atoms with Crippen LogP contribution in [0.1, 0.15) is 23.5 Å². The van der Waals surface area contributed by atoms with Crippen LogP contribution in [-0.2, 0) is 12.3 Å². The summed E-state index contributed by atoms with van der Waals surface area (Å²) in [7, 11) is 0. The van der Waals surface area contributed by atoms with E-state index in [0.717, 1.165) is 44.1 Å². The van der Waals surface area contributed by atoms with Crippen LogP contribution in [0.5, 0.6) is 0 Å². The second-order valence-corrected chi connectivity index (χ2v) is 6.65. The Hall–Kier alpha value is -0.160. The maximum Gasteiger partial charge on any atom is 0.0941 e. The molecule has 1 N–H and O–H groups in total. The van der Waals surface area contributed by atoms with Crippen molar-refractivity contribution >= 4 is 22.9 Å². The van der Waals surface area contributed by atoms with Crippen molar-refractivity contribution in [3.8, 4) is 0 Å². The SMILES string of the molecule is OC1CCC2CN(CCc3nc(CCl)cs3)CC12. The molecular formula is C13H19ClN2OS. The zero-order valence-corrected chi connectivity index (χ0v) is 12.0. The number of hydrogen-bond acceptors (Lipinski definition) is 4. The molecule has 18 heavy (non-hydrogen) atoms. The molecule has 3 nitrogen and oxygen atoms in total. The Balaban J connectivity index is 1.50. The van der Waals surface area contributed by atoms with Crippen molar-refractivity contribution < 1.29 is 5.11 Å². The van der Waals surface area contributed by atoms with Crippen molar-refractivity contribution in [1.29, 1.82) is 0 Å². The van der Waals surface area contributed by atoms with Gasteiger partial charge in [0.25, 0.3) is 0 Å². The summed E-state index contributed by atoms with van der Waals surface area (Å²) in [5.74, 6) is 1.77. The fourth-order valence-corrected chi connectivity index (χ4v) is 4.31. The lowest BCUT2D eigenvalue weighted by Crippen LogP contribution is -2.26. The summed E-state index contributed by atoms with van der Waals surface area (Å²) in [6.07, 6.45) is 3.17. The Labute approximate surface area is 117 Å². The van der Waals surface area contributed by atoms with Gasteiger partial charge in [0.05, 0.1) is 22.7 Å². The molecule has 1 aromatic rings. The minimum atomic E-state index is -0.0530. The Bertz CT molecular complexity index is 411. The quantitative estimate of drug-likeness (QED) is 0.862. The Morgan fingerprint density at radius 2 is 2.33 bits per heavy atom. The van der Waals surface area contributed by atoms with E-state index in [1.807, 2.05) is 5.38 Å². The minimum Gasteiger partial charge on any atom is -0.393 e. The predicted octanol–water partition coefficient (Wildman–Crippen LogP) is 2.13. The summed E-state index contributed by atoms with van der Waals surface area (Å²) in [5.41, 5.74) is 0.991. The summed E-state index contributed by atoms with van der Waals surface area (Å²) in [4.78, 5) is 6.97. The predicted molar refractivity (Wildman–Crippen MR) is 74.0 cm³/mol. The molecule has 3 unspecified atom stereocenters. The van der Waals surface area contributed by atoms with E-state index in [4.69, 9.17) is 11.6 Å². The first kappa shape index (κ1) is 12.9. The van der Waals surface area contributed by atoms with Gasteiger partial charge in [-0.05, 0) is 18.8 Å². The van der Waals surface area contributed by atoms with Crippen LogP contribution in [0.4, 0.5) is 0 Å². The zero-order valence-electron chi connectivity index (χ0n) is 10.4. The molecule has 100 valence electrons. The van der Waals surface area contributed by atoms with E-state index in [9.17, 15) is 5.11 Å². The van der Waals surface area contributed by atoms with E-state index in [2.05, 4.69) is 9.88 Å². The second kappa shape index (κ2) is 5.45. The molecule has 3 atom stereocenters. The van der Waals surface area contributed by atoms with E-state index in [-0.39, 0.29) is 6.10 Å². The van der Waals surface area contributed by atoms with Crippen LogP contribution in [-0.4, -0.2) is 40.7 Å². The number of hydrogen-bond donors (Lipinski definition) is 1. The third kappa shape index (κ3) is 2.57. The lowest BCUT2D eigenvalue weighted by molar-refractivity contribution is 0.124. The number of fused-ring (bicyclic) bond motifs is 1. The lowest BCUT2D eigenvalue weighted by atomic mass is 10.00. The molecule has 2 heterocycles. The standard InChI is InChI=1S/C13H19ClN2OS/c14-5-10-8-18-13(15-10)3-4-16-6-9-1-2-12(17)11(9)7-16/h8-9,11-12,17H,1-7H2. The van der Waals surface area contributed by atoms with Crippen LogP contribution in [0.15, 0.2) is 5.38 Å². The molecule has 1 saturated carbocycles. The number of halogens is 1. The van der Waals surface area contributed by atoms with Gasteiger partial charge in [0.1, 0.15) is 0 Å². The molecule has 1 aliphatic carbocycles. The number of rotatable bonds is 4. The van der Waals surface area contributed by atoms with Gasteiger partial charge in [-0.2, -0.15) is 0 Å². The normalized spacial score (nSPS) is 32.0. The molecule has 3 rings (SSSR count). The molecule has 0 bridgehead atoms. The smallest absolute Gasteiger partial charge is 0.0941 e. The zero-order chi connectivity index (χ0) is 12.5. The van der Waals surface area contributed by atoms with Gasteiger partial charge in [0.2, 0.25) is 0 Å². The van der Waals surface area contributed by atoms with Crippen LogP contribution in [0.25, 0.3) is 0 Å². The summed E-state index contributed by atoms with van der Waals surface area (Å²) in [6.45, 7) is 3.30. The van der Waals surface area contributed by atoms with Gasteiger partial charge in [-0.15, -0.1) is 22.9 Å². The van der Waals surface area contributed by atoms with Crippen LogP contribution in [0.2, 0.25) is 0 Å². The van der Waals surface area contributed by atoms with Crippen molar-refractivity contribution in [2.24, 2.45) is 11.8 Å². The maximum atomic E-state index is 9.89. The van der Waals surface area contributed by atoms with E-state index in [0.29, 0.717) is 11.8 Å². The van der Waals surface area contributed by atoms with Crippen molar-refractivity contribution in [2.75, 3.05) is 19.6 Å². The number of aromatic nitrogens is 1. The Morgan fingerprint density at radius 3 is 3.06 bits per heavy atom. The van der Waals surface area contributed by atoms with Crippen LogP contribution in [0.3, 0.4) is 0 Å². The fourth-order valence-electron chi connectivity index (χ4n) is 3.29. The van der Waals surface area contributed by atoms with Crippen LogP contribution >= 0.6 is 22.9 Å². The highest BCUT2D eigenvalue weighted by molar-refractivity contribution is 7.09. The van der Waals surface area contributed by atoms with Gasteiger partial charge >= 0.3 is 0 Å². The molecule has 1 saturated heterocycles. The maximum absolute atomic E-state index is 9.89. The average Bonchev–Trinajstić information content (AvgIpc) is 3.05. The van der Waals surface area contributed by atoms with E-state index in [1.54, 1.807) is 11.3 Å². The molecular weight excluding hydrogens is 268 g/mol. The Morgan fingerprint density at radius 1 is 1.44 bits per heavy atom. The highest BCUT2D eigenvalue weighted by Gasteiger charge is 2.41. The summed E-state index contributed by atoms with van der Waals surface area (Å²) >= 11 is 7.46. The highest BCUT2D eigenvalue weighted by atomic mass is 35.5. The Kier molecular flexibility index (Phi) is 3.89. The number of aliphatic hydroxyl groups excluding tert-OH is 1. The third-order valence-electron chi connectivity index (χ3n) is 4.27. The summed E-state index contributed by atoms with van der Waals surface area (Å²) < 4.78 is 0. The first-order valence-electron chi connectivity index (χ1n) is 6.66. The molecule has 1 aromatic heterocycles. The first-order valence-corrected chi connectivity index (χ1v) is 8.07. The van der Waals surface area contributed by atoms with Gasteiger partial charge in [-0.25, -0.2) is 4.98 Å². The third-order valence-corrected chi connectivity index (χ3v) is 5.50. The second-order valence-electron chi connectivity index (χ2n) is 5.44. The minimum absolute atomic E-state index is 0.0530. The van der Waals surface area contributed by atoms with Crippen LogP contribution in [0, 0.1) is 11.8 Å². The van der Waals surface area contributed by atoms with Crippen molar-refractivity contribution in [3.05, 3.63) is 16.1 Å². The van der Waals surface area contributed by atoms with E-state index >= 15 is 0 Å². The van der Waals surface area contributed by atoms with E-state index < -0.39 is 0 Å². The van der Waals surface area contributed by atoms with Gasteiger partial charge in [0, 0.05) is 37.4 Å². The lowest BCUT2D eigenvalue weighted by Gasteiger charge is -2.17. The molecule has 5 heteroatoms. The van der Waals surface area contributed by atoms with Crippen molar-refractivity contribution in [2.45, 2.75) is 31.2 Å². The topological polar surface area (TPSA) is 36.4 Å². The molecule has 0 aromatic carbocycles. The molecule has 0 amide bonds. The van der Waals surface area contributed by atoms with Gasteiger partial charge in [-0.3, -0.25) is 0 Å². The van der Waals surface area contributed by atoms with Crippen LogP contribution < -0.4 is 0 Å². The molecule has 0 spiro atoms. The number of nitrogens with zero attached hydrogens (tertiary/aromatic N) is 2. The van der Waals surface area contributed by atoms with Gasteiger partial charge in [-0.1, -0.05) is 0 Å². The first-order chi connectivity index (χ1) is 8.76. The molecule has 0 radical (unpaired) electrons. The molecule has 2 fully saturated rings. The number of alkyl halides is 1. The largest absolute Gasteiger partial charge is 0.393 e.